The highest BCUT2D eigenvalue weighted by Crippen LogP contribution is 2.38. The quantitative estimate of drug-likeness (QED) is 0.881. The van der Waals surface area contributed by atoms with Gasteiger partial charge in [0, 0.05) is 12.1 Å². The van der Waals surface area contributed by atoms with E-state index in [-0.39, 0.29) is 5.60 Å². The maximum Gasteiger partial charge on any atom is 0.0927 e. The van der Waals surface area contributed by atoms with Crippen LogP contribution in [0, 0.1) is 5.92 Å². The minimum absolute atomic E-state index is 0.160. The summed E-state index contributed by atoms with van der Waals surface area (Å²) < 4.78 is 5.95. The third kappa shape index (κ3) is 3.50. The Morgan fingerprint density at radius 3 is 2.42 bits per heavy atom. The Labute approximate surface area is 121 Å². The summed E-state index contributed by atoms with van der Waals surface area (Å²) in [6.07, 6.45) is 4.59. The molecule has 0 aromatic heterocycles. The van der Waals surface area contributed by atoms with Crippen molar-refractivity contribution < 1.29 is 4.74 Å². The van der Waals surface area contributed by atoms with Gasteiger partial charge in [0.05, 0.1) is 5.60 Å². The first-order chi connectivity index (χ1) is 9.20. The third-order valence-corrected chi connectivity index (χ3v) is 4.66. The van der Waals surface area contributed by atoms with Crippen molar-refractivity contribution in [2.75, 3.05) is 20.2 Å². The number of ether oxygens (including phenoxy) is 1. The van der Waals surface area contributed by atoms with Crippen LogP contribution in [-0.4, -0.2) is 20.2 Å². The molecule has 3 heteroatoms. The summed E-state index contributed by atoms with van der Waals surface area (Å²) in [5.41, 5.74) is 1.09. The molecule has 2 rings (SSSR count). The van der Waals surface area contributed by atoms with Crippen molar-refractivity contribution in [1.29, 1.82) is 0 Å². The average molecular weight is 282 g/mol. The lowest BCUT2D eigenvalue weighted by Crippen LogP contribution is -2.35. The number of halogens is 1. The molecule has 0 aliphatic carbocycles. The van der Waals surface area contributed by atoms with E-state index in [1.807, 2.05) is 19.2 Å². The molecule has 0 unspecified atom stereocenters. The highest BCUT2D eigenvalue weighted by Gasteiger charge is 2.33. The van der Waals surface area contributed by atoms with Crippen molar-refractivity contribution in [1.82, 2.24) is 5.32 Å². The molecule has 1 saturated heterocycles. The van der Waals surface area contributed by atoms with Crippen molar-refractivity contribution in [2.24, 2.45) is 5.92 Å². The summed E-state index contributed by atoms with van der Waals surface area (Å²) in [7, 11) is 1.83. The molecule has 1 heterocycles. The summed E-state index contributed by atoms with van der Waals surface area (Å²) >= 11 is 5.99. The van der Waals surface area contributed by atoms with Crippen LogP contribution in [0.15, 0.2) is 24.3 Å². The zero-order valence-corrected chi connectivity index (χ0v) is 12.7. The summed E-state index contributed by atoms with van der Waals surface area (Å²) in [6, 6.07) is 8.14. The van der Waals surface area contributed by atoms with Crippen LogP contribution in [-0.2, 0) is 10.3 Å². The molecule has 0 amide bonds. The number of nitrogens with one attached hydrogen (secondary N) is 1. The Hall–Kier alpha value is -0.570. The first kappa shape index (κ1) is 14.8. The first-order valence-electron chi connectivity index (χ1n) is 7.22. The predicted octanol–water partition coefficient (Wildman–Crippen LogP) is 3.98. The third-order valence-electron chi connectivity index (χ3n) is 4.41. The van der Waals surface area contributed by atoms with Crippen LogP contribution >= 0.6 is 11.6 Å². The van der Waals surface area contributed by atoms with E-state index in [1.54, 1.807) is 0 Å². The molecule has 2 nitrogen and oxygen atoms in total. The van der Waals surface area contributed by atoms with E-state index in [9.17, 15) is 0 Å². The van der Waals surface area contributed by atoms with E-state index in [1.165, 1.54) is 18.4 Å². The van der Waals surface area contributed by atoms with Gasteiger partial charge in [0.2, 0.25) is 0 Å². The Bertz CT molecular complexity index is 380. The molecule has 106 valence electrons. The Kier molecular flexibility index (Phi) is 5.26. The standard InChI is InChI=1S/C16H24ClNO/c1-3-16(19-2,12-13-8-10-18-11-9-13)14-4-6-15(17)7-5-14/h4-7,13,18H,3,8-12H2,1-2H3/t16-/m1/s1. The lowest BCUT2D eigenvalue weighted by molar-refractivity contribution is -0.0411. The zero-order chi connectivity index (χ0) is 13.7. The fourth-order valence-electron chi connectivity index (χ4n) is 3.12. The van der Waals surface area contributed by atoms with Gasteiger partial charge in [0.1, 0.15) is 0 Å². The van der Waals surface area contributed by atoms with E-state index < -0.39 is 0 Å². The van der Waals surface area contributed by atoms with Crippen molar-refractivity contribution in [3.8, 4) is 0 Å². The van der Waals surface area contributed by atoms with E-state index in [4.69, 9.17) is 16.3 Å². The van der Waals surface area contributed by atoms with Crippen LogP contribution in [0.2, 0.25) is 5.02 Å². The van der Waals surface area contributed by atoms with Gasteiger partial charge in [-0.05, 0) is 62.4 Å². The molecule has 0 saturated carbocycles. The van der Waals surface area contributed by atoms with Gasteiger partial charge in [-0.25, -0.2) is 0 Å². The number of benzene rings is 1. The number of piperidine rings is 1. The highest BCUT2D eigenvalue weighted by molar-refractivity contribution is 6.30. The topological polar surface area (TPSA) is 21.3 Å². The molecule has 0 bridgehead atoms. The van der Waals surface area contributed by atoms with Gasteiger partial charge in [0.15, 0.2) is 0 Å². The molecule has 1 aromatic rings. The van der Waals surface area contributed by atoms with Gasteiger partial charge >= 0.3 is 0 Å². The van der Waals surface area contributed by atoms with Gasteiger partial charge in [-0.3, -0.25) is 0 Å². The molecular formula is C16H24ClNO. The molecule has 1 aliphatic heterocycles. The molecule has 19 heavy (non-hydrogen) atoms. The summed E-state index contributed by atoms with van der Waals surface area (Å²) in [5, 5.41) is 4.21. The van der Waals surface area contributed by atoms with Crippen LogP contribution in [0.1, 0.15) is 38.2 Å². The summed E-state index contributed by atoms with van der Waals surface area (Å²) in [6.45, 7) is 4.47. The van der Waals surface area contributed by atoms with Gasteiger partial charge in [-0.2, -0.15) is 0 Å². The Morgan fingerprint density at radius 2 is 1.89 bits per heavy atom. The van der Waals surface area contributed by atoms with Crippen LogP contribution in [0.25, 0.3) is 0 Å². The second-order valence-corrected chi connectivity index (χ2v) is 5.89. The molecule has 1 fully saturated rings. The molecule has 1 N–H and O–H groups in total. The van der Waals surface area contributed by atoms with E-state index >= 15 is 0 Å². The fraction of sp³-hybridized carbons (Fsp3) is 0.625. The maximum atomic E-state index is 5.99. The van der Waals surface area contributed by atoms with Gasteiger partial charge in [-0.1, -0.05) is 30.7 Å². The van der Waals surface area contributed by atoms with E-state index in [0.29, 0.717) is 0 Å². The minimum atomic E-state index is -0.160. The Morgan fingerprint density at radius 1 is 1.26 bits per heavy atom. The fourth-order valence-corrected chi connectivity index (χ4v) is 3.24. The van der Waals surface area contributed by atoms with Crippen LogP contribution < -0.4 is 5.32 Å². The molecule has 0 radical (unpaired) electrons. The van der Waals surface area contributed by atoms with Crippen molar-refractivity contribution in [3.63, 3.8) is 0 Å². The van der Waals surface area contributed by atoms with Crippen LogP contribution in [0.5, 0.6) is 0 Å². The van der Waals surface area contributed by atoms with E-state index in [0.717, 1.165) is 36.9 Å². The number of hydrogen-bond acceptors (Lipinski definition) is 2. The normalized spacial score (nSPS) is 20.2. The summed E-state index contributed by atoms with van der Waals surface area (Å²) in [5.74, 6) is 0.747. The van der Waals surface area contributed by atoms with Crippen LogP contribution in [0.3, 0.4) is 0 Å². The molecule has 1 aromatic carbocycles. The molecule has 1 atom stereocenters. The average Bonchev–Trinajstić information content (AvgIpc) is 2.47. The molecule has 1 aliphatic rings. The SMILES string of the molecule is CC[C@](CC1CCNCC1)(OC)c1ccc(Cl)cc1. The molecule has 0 spiro atoms. The van der Waals surface area contributed by atoms with Gasteiger partial charge in [-0.15, -0.1) is 0 Å². The van der Waals surface area contributed by atoms with Crippen molar-refractivity contribution in [3.05, 3.63) is 34.9 Å². The number of methoxy groups -OCH3 is 1. The minimum Gasteiger partial charge on any atom is -0.374 e. The van der Waals surface area contributed by atoms with Crippen LogP contribution in [0.4, 0.5) is 0 Å². The van der Waals surface area contributed by atoms with Crippen molar-refractivity contribution >= 4 is 11.6 Å². The second kappa shape index (κ2) is 6.74. The maximum absolute atomic E-state index is 5.99. The zero-order valence-electron chi connectivity index (χ0n) is 11.9. The highest BCUT2D eigenvalue weighted by atomic mass is 35.5. The number of hydrogen-bond donors (Lipinski definition) is 1. The second-order valence-electron chi connectivity index (χ2n) is 5.46. The smallest absolute Gasteiger partial charge is 0.0927 e. The lowest BCUT2D eigenvalue weighted by Gasteiger charge is -2.37. The van der Waals surface area contributed by atoms with Crippen molar-refractivity contribution in [2.45, 2.75) is 38.2 Å². The monoisotopic (exact) mass is 281 g/mol. The lowest BCUT2D eigenvalue weighted by atomic mass is 9.79. The number of rotatable bonds is 5. The Balaban J connectivity index is 2.18. The van der Waals surface area contributed by atoms with E-state index in [2.05, 4.69) is 24.4 Å². The predicted molar refractivity (Wildman–Crippen MR) is 80.6 cm³/mol. The first-order valence-corrected chi connectivity index (χ1v) is 7.60. The largest absolute Gasteiger partial charge is 0.374 e. The summed E-state index contributed by atoms with van der Waals surface area (Å²) in [4.78, 5) is 0. The van der Waals surface area contributed by atoms with Gasteiger partial charge < -0.3 is 10.1 Å². The molecular weight excluding hydrogens is 258 g/mol. The van der Waals surface area contributed by atoms with Gasteiger partial charge in [0.25, 0.3) is 0 Å².